The molecule has 0 saturated carbocycles. The van der Waals surface area contributed by atoms with Crippen molar-refractivity contribution in [3.63, 3.8) is 0 Å². The van der Waals surface area contributed by atoms with Crippen molar-refractivity contribution in [3.8, 4) is 11.3 Å². The van der Waals surface area contributed by atoms with Crippen LogP contribution in [-0.2, 0) is 14.8 Å². The first-order valence-corrected chi connectivity index (χ1v) is 12.9. The Morgan fingerprint density at radius 2 is 1.64 bits per heavy atom. The van der Waals surface area contributed by atoms with Gasteiger partial charge < -0.3 is 10.2 Å². The van der Waals surface area contributed by atoms with Crippen LogP contribution in [-0.4, -0.2) is 42.8 Å². The number of aromatic nitrogens is 2. The highest BCUT2D eigenvalue weighted by Crippen LogP contribution is 2.27. The van der Waals surface area contributed by atoms with Crippen LogP contribution < -0.4 is 14.9 Å². The normalized spacial score (nSPS) is 14.7. The van der Waals surface area contributed by atoms with E-state index in [1.165, 1.54) is 0 Å². The molecule has 4 rings (SSSR count). The van der Waals surface area contributed by atoms with E-state index in [1.807, 2.05) is 24.3 Å². The molecule has 0 atom stereocenters. The average Bonchev–Trinajstić information content (AvgIpc) is 2.79. The molecule has 1 aromatic heterocycles. The van der Waals surface area contributed by atoms with E-state index >= 15 is 0 Å². The summed E-state index contributed by atoms with van der Waals surface area (Å²) in [5, 5.41) is 3.21. The molecule has 2 heterocycles. The molecule has 0 bridgehead atoms. The molecule has 2 N–H and O–H groups in total. The molecule has 0 spiro atoms. The zero-order valence-corrected chi connectivity index (χ0v) is 19.8. The van der Waals surface area contributed by atoms with Gasteiger partial charge in [0.1, 0.15) is 0 Å². The number of hydrogen-bond acceptors (Lipinski definition) is 7. The predicted octanol–water partition coefficient (Wildman–Crippen LogP) is 3.93. The minimum atomic E-state index is -3.32. The van der Waals surface area contributed by atoms with Crippen molar-refractivity contribution in [2.45, 2.75) is 12.8 Å². The number of rotatable bonds is 7. The second-order valence-corrected chi connectivity index (χ2v) is 10.2. The van der Waals surface area contributed by atoms with E-state index in [0.29, 0.717) is 11.6 Å². The molecular weight excluding hydrogens is 458 g/mol. The summed E-state index contributed by atoms with van der Waals surface area (Å²) in [6, 6.07) is 16.8. The maximum atomic E-state index is 11.4. The zero-order valence-electron chi connectivity index (χ0n) is 18.1. The summed E-state index contributed by atoms with van der Waals surface area (Å²) in [5.74, 6) is 0.522. The molecule has 8 nitrogen and oxygen atoms in total. The maximum Gasteiger partial charge on any atom is 0.229 e. The topological polar surface area (TPSA) is 104 Å². The highest BCUT2D eigenvalue weighted by Gasteiger charge is 2.23. The van der Waals surface area contributed by atoms with Gasteiger partial charge >= 0.3 is 0 Å². The van der Waals surface area contributed by atoms with Gasteiger partial charge in [0.05, 0.1) is 11.9 Å². The van der Waals surface area contributed by atoms with E-state index in [4.69, 9.17) is 0 Å². The fourth-order valence-corrected chi connectivity index (χ4v) is 4.59. The standard InChI is InChI=1S/C23H25N5O3S2/c1-33(30,31)27-19-4-2-16(3-5-19)21-10-13-24-23(26-21)25-18-6-8-20(9-7-18)28-14-11-17(12-15-28)22(29)32/h2-10,13,17,27H,11-12,14-15H2,1H3,(H,29,32)(H,24,25,26). The number of benzene rings is 2. The molecule has 10 heteroatoms. The van der Waals surface area contributed by atoms with Crippen molar-refractivity contribution < 1.29 is 13.2 Å². The second kappa shape index (κ2) is 9.80. The van der Waals surface area contributed by atoms with Gasteiger partial charge in [0.25, 0.3) is 0 Å². The number of sulfonamides is 1. The van der Waals surface area contributed by atoms with Gasteiger partial charge in [-0.3, -0.25) is 9.52 Å². The lowest BCUT2D eigenvalue weighted by molar-refractivity contribution is -0.114. The predicted molar refractivity (Wildman–Crippen MR) is 135 cm³/mol. The van der Waals surface area contributed by atoms with Crippen molar-refractivity contribution in [3.05, 3.63) is 60.8 Å². The van der Waals surface area contributed by atoms with Crippen molar-refractivity contribution >= 4 is 50.8 Å². The van der Waals surface area contributed by atoms with E-state index in [1.54, 1.807) is 36.5 Å². The molecule has 1 aliphatic heterocycles. The van der Waals surface area contributed by atoms with Crippen LogP contribution in [0.15, 0.2) is 60.8 Å². The average molecular weight is 484 g/mol. The van der Waals surface area contributed by atoms with Gasteiger partial charge in [-0.15, -0.1) is 12.6 Å². The Kier molecular flexibility index (Phi) is 6.85. The summed E-state index contributed by atoms with van der Waals surface area (Å²) in [4.78, 5) is 22.6. The molecule has 1 saturated heterocycles. The monoisotopic (exact) mass is 483 g/mol. The van der Waals surface area contributed by atoms with E-state index in [9.17, 15) is 13.2 Å². The smallest absolute Gasteiger partial charge is 0.229 e. The molecule has 3 aromatic rings. The summed E-state index contributed by atoms with van der Waals surface area (Å²) >= 11 is 3.97. The van der Waals surface area contributed by atoms with Crippen LogP contribution in [0.4, 0.5) is 23.0 Å². The molecule has 1 fully saturated rings. The number of nitrogens with zero attached hydrogens (tertiary/aromatic N) is 3. The molecular formula is C23H25N5O3S2. The summed E-state index contributed by atoms with van der Waals surface area (Å²) in [5.41, 5.74) is 4.04. The minimum Gasteiger partial charge on any atom is -0.371 e. The van der Waals surface area contributed by atoms with Crippen LogP contribution in [0.1, 0.15) is 12.8 Å². The fraction of sp³-hybridized carbons (Fsp3) is 0.261. The van der Waals surface area contributed by atoms with E-state index < -0.39 is 10.0 Å². The summed E-state index contributed by atoms with van der Waals surface area (Å²) in [6.45, 7) is 1.68. The molecule has 1 aliphatic rings. The second-order valence-electron chi connectivity index (χ2n) is 7.99. The molecule has 2 aromatic carbocycles. The number of piperidine rings is 1. The van der Waals surface area contributed by atoms with Crippen LogP contribution in [0.25, 0.3) is 11.3 Å². The lowest BCUT2D eigenvalue weighted by Gasteiger charge is -2.32. The molecule has 0 unspecified atom stereocenters. The van der Waals surface area contributed by atoms with Crippen molar-refractivity contribution in [2.24, 2.45) is 5.92 Å². The van der Waals surface area contributed by atoms with Crippen molar-refractivity contribution in [1.82, 2.24) is 9.97 Å². The number of carbonyl (C=O) groups is 1. The maximum absolute atomic E-state index is 11.4. The first kappa shape index (κ1) is 23.1. The van der Waals surface area contributed by atoms with Crippen LogP contribution in [0.2, 0.25) is 0 Å². The number of hydrogen-bond donors (Lipinski definition) is 3. The number of nitrogens with one attached hydrogen (secondary N) is 2. The Hall–Kier alpha value is -3.11. The molecule has 0 radical (unpaired) electrons. The molecule has 0 amide bonds. The zero-order chi connectivity index (χ0) is 23.4. The Morgan fingerprint density at radius 1 is 1.00 bits per heavy atom. The minimum absolute atomic E-state index is 0.0158. The molecule has 0 aliphatic carbocycles. The van der Waals surface area contributed by atoms with E-state index in [2.05, 4.69) is 37.5 Å². The number of thiol groups is 1. The van der Waals surface area contributed by atoms with Crippen molar-refractivity contribution in [2.75, 3.05) is 34.3 Å². The Morgan fingerprint density at radius 3 is 2.24 bits per heavy atom. The molecule has 33 heavy (non-hydrogen) atoms. The van der Waals surface area contributed by atoms with Crippen LogP contribution >= 0.6 is 12.6 Å². The highest BCUT2D eigenvalue weighted by atomic mass is 32.2. The van der Waals surface area contributed by atoms with Gasteiger partial charge in [-0.05, 0) is 55.3 Å². The van der Waals surface area contributed by atoms with Crippen molar-refractivity contribution in [1.29, 1.82) is 0 Å². The van der Waals surface area contributed by atoms with Gasteiger partial charge in [-0.25, -0.2) is 18.4 Å². The van der Waals surface area contributed by atoms with E-state index in [-0.39, 0.29) is 11.0 Å². The number of anilines is 4. The summed E-state index contributed by atoms with van der Waals surface area (Å²) in [6.07, 6.45) is 4.44. The van der Waals surface area contributed by atoms with Gasteiger partial charge in [0.2, 0.25) is 16.0 Å². The van der Waals surface area contributed by atoms with Crippen LogP contribution in [0, 0.1) is 5.92 Å². The summed E-state index contributed by atoms with van der Waals surface area (Å²) < 4.78 is 25.2. The Balaban J connectivity index is 1.41. The van der Waals surface area contributed by atoms with Gasteiger partial charge in [0.15, 0.2) is 5.12 Å². The third-order valence-corrected chi connectivity index (χ3v) is 6.44. The first-order chi connectivity index (χ1) is 15.8. The Labute approximate surface area is 198 Å². The molecule has 172 valence electrons. The van der Waals surface area contributed by atoms with Gasteiger partial charge in [0, 0.05) is 47.8 Å². The quantitative estimate of drug-likeness (QED) is 0.437. The van der Waals surface area contributed by atoms with E-state index in [0.717, 1.165) is 54.8 Å². The largest absolute Gasteiger partial charge is 0.371 e. The Bertz CT molecular complexity index is 1220. The van der Waals surface area contributed by atoms with Gasteiger partial charge in [-0.2, -0.15) is 0 Å². The number of carbonyl (C=O) groups excluding carboxylic acids is 1. The first-order valence-electron chi connectivity index (χ1n) is 10.5. The third-order valence-electron chi connectivity index (χ3n) is 5.47. The third kappa shape index (κ3) is 6.23. The van der Waals surface area contributed by atoms with Crippen LogP contribution in [0.5, 0.6) is 0 Å². The lowest BCUT2D eigenvalue weighted by Crippen LogP contribution is -2.35. The highest BCUT2D eigenvalue weighted by molar-refractivity contribution is 7.96. The van der Waals surface area contributed by atoms with Gasteiger partial charge in [-0.1, -0.05) is 12.1 Å². The summed E-state index contributed by atoms with van der Waals surface area (Å²) in [7, 11) is -3.32. The fourth-order valence-electron chi connectivity index (χ4n) is 3.77. The van der Waals surface area contributed by atoms with Crippen LogP contribution in [0.3, 0.4) is 0 Å². The SMILES string of the molecule is CS(=O)(=O)Nc1ccc(-c2ccnc(Nc3ccc(N4CCC(C(=O)S)CC4)cc3)n2)cc1. The lowest BCUT2D eigenvalue weighted by atomic mass is 9.98.